The summed E-state index contributed by atoms with van der Waals surface area (Å²) in [6.07, 6.45) is 0. The maximum atomic E-state index is 12.7. The second kappa shape index (κ2) is 5.38. The van der Waals surface area contributed by atoms with Gasteiger partial charge in [0.05, 0.1) is 17.8 Å². The molecule has 0 aromatic heterocycles. The molecule has 0 radical (unpaired) electrons. The van der Waals surface area contributed by atoms with Crippen LogP contribution in [-0.4, -0.2) is 31.1 Å². The first-order valence-corrected chi connectivity index (χ1v) is 6.33. The number of hydrogen-bond donors (Lipinski definition) is 1. The second-order valence-electron chi connectivity index (χ2n) is 4.89. The zero-order valence-electron chi connectivity index (χ0n) is 11.0. The number of carbonyl (C=O) groups is 2. The van der Waals surface area contributed by atoms with E-state index in [9.17, 15) is 14.0 Å². The Kier molecular flexibility index (Phi) is 3.83. The Morgan fingerprint density at radius 3 is 2.63 bits per heavy atom. The van der Waals surface area contributed by atoms with E-state index in [2.05, 4.69) is 5.32 Å². The standard InChI is InChI=1S/C14H17FN2O2/c1-9(2)12-14(19)17(8-7-15)11-6-4-3-5-10(11)13(18)16-12/h3-6,9,12H,7-8H2,1-2H3,(H,16,18). The maximum Gasteiger partial charge on any atom is 0.254 e. The average molecular weight is 264 g/mol. The molecule has 1 atom stereocenters. The quantitative estimate of drug-likeness (QED) is 0.904. The van der Waals surface area contributed by atoms with Crippen LogP contribution in [0.25, 0.3) is 0 Å². The summed E-state index contributed by atoms with van der Waals surface area (Å²) in [5.41, 5.74) is 0.887. The minimum Gasteiger partial charge on any atom is -0.340 e. The highest BCUT2D eigenvalue weighted by Gasteiger charge is 2.34. The highest BCUT2D eigenvalue weighted by atomic mass is 19.1. The minimum absolute atomic E-state index is 0.0337. The van der Waals surface area contributed by atoms with Gasteiger partial charge in [0.15, 0.2) is 0 Å². The molecule has 1 heterocycles. The van der Waals surface area contributed by atoms with E-state index < -0.39 is 12.7 Å². The molecule has 1 unspecified atom stereocenters. The SMILES string of the molecule is CC(C)C1NC(=O)c2ccccc2N(CCF)C1=O. The van der Waals surface area contributed by atoms with Gasteiger partial charge in [-0.2, -0.15) is 0 Å². The monoisotopic (exact) mass is 264 g/mol. The molecular formula is C14H17FN2O2. The molecule has 1 aliphatic rings. The summed E-state index contributed by atoms with van der Waals surface area (Å²) in [5.74, 6) is -0.595. The lowest BCUT2D eigenvalue weighted by atomic mass is 10.0. The van der Waals surface area contributed by atoms with E-state index in [0.717, 1.165) is 0 Å². The van der Waals surface area contributed by atoms with Crippen molar-refractivity contribution in [2.24, 2.45) is 5.92 Å². The molecule has 0 aliphatic carbocycles. The van der Waals surface area contributed by atoms with Crippen molar-refractivity contribution >= 4 is 17.5 Å². The van der Waals surface area contributed by atoms with Crippen LogP contribution < -0.4 is 10.2 Å². The number of hydrogen-bond acceptors (Lipinski definition) is 2. The van der Waals surface area contributed by atoms with Gasteiger partial charge in [-0.15, -0.1) is 0 Å². The van der Waals surface area contributed by atoms with Crippen LogP contribution in [-0.2, 0) is 4.79 Å². The molecule has 102 valence electrons. The fourth-order valence-corrected chi connectivity index (χ4v) is 2.24. The van der Waals surface area contributed by atoms with Crippen molar-refractivity contribution in [1.82, 2.24) is 5.32 Å². The van der Waals surface area contributed by atoms with Gasteiger partial charge in [0.1, 0.15) is 12.7 Å². The van der Waals surface area contributed by atoms with Crippen molar-refractivity contribution in [3.8, 4) is 0 Å². The average Bonchev–Trinajstić information content (AvgIpc) is 2.50. The van der Waals surface area contributed by atoms with Gasteiger partial charge >= 0.3 is 0 Å². The van der Waals surface area contributed by atoms with Crippen LogP contribution in [0.1, 0.15) is 24.2 Å². The Hall–Kier alpha value is -1.91. The van der Waals surface area contributed by atoms with Gasteiger partial charge in [-0.3, -0.25) is 9.59 Å². The highest BCUT2D eigenvalue weighted by molar-refractivity contribution is 6.11. The summed E-state index contributed by atoms with van der Waals surface area (Å²) in [5, 5.41) is 2.72. The number of nitrogens with zero attached hydrogens (tertiary/aromatic N) is 1. The third kappa shape index (κ3) is 2.45. The lowest BCUT2D eigenvalue weighted by Gasteiger charge is -2.26. The lowest BCUT2D eigenvalue weighted by Crippen LogP contribution is -2.49. The number of fused-ring (bicyclic) bond motifs is 1. The number of halogens is 1. The van der Waals surface area contributed by atoms with E-state index in [1.54, 1.807) is 24.3 Å². The smallest absolute Gasteiger partial charge is 0.254 e. The zero-order chi connectivity index (χ0) is 14.0. The van der Waals surface area contributed by atoms with E-state index in [4.69, 9.17) is 0 Å². The number of benzene rings is 1. The molecule has 1 N–H and O–H groups in total. The number of amides is 2. The molecule has 4 nitrogen and oxygen atoms in total. The first-order chi connectivity index (χ1) is 9.06. The molecule has 2 rings (SSSR count). The van der Waals surface area contributed by atoms with E-state index >= 15 is 0 Å². The molecule has 0 saturated heterocycles. The predicted molar refractivity (Wildman–Crippen MR) is 70.9 cm³/mol. The van der Waals surface area contributed by atoms with E-state index in [0.29, 0.717) is 11.3 Å². The van der Waals surface area contributed by atoms with Gasteiger partial charge in [-0.25, -0.2) is 4.39 Å². The third-order valence-electron chi connectivity index (χ3n) is 3.23. The van der Waals surface area contributed by atoms with Gasteiger partial charge in [0.2, 0.25) is 5.91 Å². The Morgan fingerprint density at radius 2 is 2.00 bits per heavy atom. The first kappa shape index (κ1) is 13.5. The van der Waals surface area contributed by atoms with Crippen LogP contribution in [0.2, 0.25) is 0 Å². The van der Waals surface area contributed by atoms with E-state index in [-0.39, 0.29) is 24.3 Å². The van der Waals surface area contributed by atoms with Crippen molar-refractivity contribution in [2.45, 2.75) is 19.9 Å². The van der Waals surface area contributed by atoms with Crippen molar-refractivity contribution < 1.29 is 14.0 Å². The largest absolute Gasteiger partial charge is 0.340 e. The first-order valence-electron chi connectivity index (χ1n) is 6.33. The molecular weight excluding hydrogens is 247 g/mol. The van der Waals surface area contributed by atoms with Gasteiger partial charge < -0.3 is 10.2 Å². The summed E-state index contributed by atoms with van der Waals surface area (Å²) in [6.45, 7) is 3.03. The van der Waals surface area contributed by atoms with E-state index in [1.807, 2.05) is 13.8 Å². The number of anilines is 1. The zero-order valence-corrected chi connectivity index (χ0v) is 11.0. The van der Waals surface area contributed by atoms with Gasteiger partial charge in [0, 0.05) is 0 Å². The lowest BCUT2D eigenvalue weighted by molar-refractivity contribution is -0.121. The predicted octanol–water partition coefficient (Wildman–Crippen LogP) is 1.76. The molecule has 0 fully saturated rings. The molecule has 0 saturated carbocycles. The van der Waals surface area contributed by atoms with Crippen LogP contribution in [0.5, 0.6) is 0 Å². The van der Waals surface area contributed by atoms with Gasteiger partial charge in [-0.1, -0.05) is 26.0 Å². The van der Waals surface area contributed by atoms with Crippen molar-refractivity contribution in [3.63, 3.8) is 0 Å². The van der Waals surface area contributed by atoms with Crippen molar-refractivity contribution in [2.75, 3.05) is 18.1 Å². The molecule has 2 amide bonds. The minimum atomic E-state index is -0.640. The fourth-order valence-electron chi connectivity index (χ4n) is 2.24. The number of nitrogens with one attached hydrogen (secondary N) is 1. The van der Waals surface area contributed by atoms with Crippen molar-refractivity contribution in [1.29, 1.82) is 0 Å². The highest BCUT2D eigenvalue weighted by Crippen LogP contribution is 2.25. The van der Waals surface area contributed by atoms with Crippen LogP contribution >= 0.6 is 0 Å². The van der Waals surface area contributed by atoms with Gasteiger partial charge in [0.25, 0.3) is 5.91 Å². The summed E-state index contributed by atoms with van der Waals surface area (Å²) in [4.78, 5) is 25.9. The third-order valence-corrected chi connectivity index (χ3v) is 3.23. The van der Waals surface area contributed by atoms with Gasteiger partial charge in [-0.05, 0) is 18.1 Å². The topological polar surface area (TPSA) is 49.4 Å². The fraction of sp³-hybridized carbons (Fsp3) is 0.429. The maximum absolute atomic E-state index is 12.7. The molecule has 5 heteroatoms. The van der Waals surface area contributed by atoms with Crippen molar-refractivity contribution in [3.05, 3.63) is 29.8 Å². The molecule has 19 heavy (non-hydrogen) atoms. The summed E-state index contributed by atoms with van der Waals surface area (Å²) < 4.78 is 12.7. The molecule has 1 aromatic carbocycles. The number of alkyl halides is 1. The Morgan fingerprint density at radius 1 is 1.32 bits per heavy atom. The van der Waals surface area contributed by atoms with Crippen LogP contribution in [0.15, 0.2) is 24.3 Å². The Balaban J connectivity index is 2.50. The van der Waals surface area contributed by atoms with Crippen LogP contribution in [0, 0.1) is 5.92 Å². The molecule has 0 spiro atoms. The Labute approximate surface area is 111 Å². The molecule has 1 aliphatic heterocycles. The summed E-state index contributed by atoms with van der Waals surface area (Å²) >= 11 is 0. The van der Waals surface area contributed by atoms with Crippen LogP contribution in [0.4, 0.5) is 10.1 Å². The van der Waals surface area contributed by atoms with E-state index in [1.165, 1.54) is 4.90 Å². The summed E-state index contributed by atoms with van der Waals surface area (Å²) in [7, 11) is 0. The second-order valence-corrected chi connectivity index (χ2v) is 4.89. The number of carbonyl (C=O) groups excluding carboxylic acids is 2. The van der Waals surface area contributed by atoms with Crippen LogP contribution in [0.3, 0.4) is 0 Å². The number of para-hydroxylation sites is 1. The summed E-state index contributed by atoms with van der Waals surface area (Å²) in [6, 6.07) is 6.16. The Bertz CT molecular complexity index is 502. The molecule has 0 bridgehead atoms. The molecule has 1 aromatic rings. The normalized spacial score (nSPS) is 19.2. The number of rotatable bonds is 3.